The van der Waals surface area contributed by atoms with Crippen molar-refractivity contribution in [3.8, 4) is 0 Å². The molecule has 2 N–H and O–H groups in total. The van der Waals surface area contributed by atoms with Crippen LogP contribution in [-0.4, -0.2) is 49.7 Å². The molecule has 0 radical (unpaired) electrons. The van der Waals surface area contributed by atoms with Crippen LogP contribution in [0.2, 0.25) is 0 Å². The largest absolute Gasteiger partial charge is 0.378 e. The number of morpholine rings is 1. The zero-order valence-corrected chi connectivity index (χ0v) is 17.9. The number of carbonyl (C=O) groups excluding carboxylic acids is 1. The molecule has 0 aromatic heterocycles. The molecule has 0 bridgehead atoms. The number of piperidine rings is 1. The highest BCUT2D eigenvalue weighted by Crippen LogP contribution is 2.22. The molecule has 0 aliphatic carbocycles. The lowest BCUT2D eigenvalue weighted by Gasteiger charge is -2.35. The molecule has 0 saturated carbocycles. The standard InChI is InChI=1S/C20H31N3O2.2ClH/c1-15-9-16(2)12-23(11-15)13-18-5-3-17(4-6-18)10-22-20(24)19-14-25-8-7-21-19;;/h3-6,15-16,19,21H,7-14H2,1-2H3,(H,22,24);2*1H. The fourth-order valence-electron chi connectivity index (χ4n) is 3.99. The molecule has 1 aromatic carbocycles. The van der Waals surface area contributed by atoms with Gasteiger partial charge in [-0.2, -0.15) is 0 Å². The number of hydrogen-bond acceptors (Lipinski definition) is 4. The van der Waals surface area contributed by atoms with Gasteiger partial charge in [0.15, 0.2) is 0 Å². The molecule has 5 nitrogen and oxygen atoms in total. The monoisotopic (exact) mass is 417 g/mol. The van der Waals surface area contributed by atoms with Crippen LogP contribution in [0.4, 0.5) is 0 Å². The molecule has 3 rings (SSSR count). The van der Waals surface area contributed by atoms with Crippen molar-refractivity contribution in [2.24, 2.45) is 11.8 Å². The fourth-order valence-corrected chi connectivity index (χ4v) is 3.99. The van der Waals surface area contributed by atoms with Crippen molar-refractivity contribution in [3.63, 3.8) is 0 Å². The van der Waals surface area contributed by atoms with Crippen molar-refractivity contribution in [1.82, 2.24) is 15.5 Å². The SMILES string of the molecule is CC1CC(C)CN(Cc2ccc(CNC(=O)C3COCCN3)cc2)C1.Cl.Cl. The normalized spacial score (nSPS) is 25.8. The molecule has 27 heavy (non-hydrogen) atoms. The van der Waals surface area contributed by atoms with E-state index in [0.717, 1.165) is 30.5 Å². The van der Waals surface area contributed by atoms with Crippen LogP contribution in [0.1, 0.15) is 31.4 Å². The summed E-state index contributed by atoms with van der Waals surface area (Å²) in [6.07, 6.45) is 1.34. The number of benzene rings is 1. The minimum absolute atomic E-state index is 0. The molecule has 2 aliphatic heterocycles. The highest BCUT2D eigenvalue weighted by atomic mass is 35.5. The van der Waals surface area contributed by atoms with Crippen LogP contribution in [0.3, 0.4) is 0 Å². The molecule has 154 valence electrons. The number of hydrogen-bond donors (Lipinski definition) is 2. The van der Waals surface area contributed by atoms with E-state index in [1.807, 2.05) is 0 Å². The van der Waals surface area contributed by atoms with Gasteiger partial charge in [-0.3, -0.25) is 9.69 Å². The third-order valence-corrected chi connectivity index (χ3v) is 5.08. The van der Waals surface area contributed by atoms with Gasteiger partial charge in [-0.1, -0.05) is 38.1 Å². The first-order valence-electron chi connectivity index (χ1n) is 9.49. The Morgan fingerprint density at radius 3 is 2.37 bits per heavy atom. The van der Waals surface area contributed by atoms with Crippen LogP contribution in [-0.2, 0) is 22.6 Å². The maximum atomic E-state index is 12.1. The summed E-state index contributed by atoms with van der Waals surface area (Å²) in [7, 11) is 0. The van der Waals surface area contributed by atoms with Crippen molar-refractivity contribution in [2.75, 3.05) is 32.8 Å². The summed E-state index contributed by atoms with van der Waals surface area (Å²) in [5.74, 6) is 1.59. The van der Waals surface area contributed by atoms with Gasteiger partial charge in [0.2, 0.25) is 5.91 Å². The van der Waals surface area contributed by atoms with E-state index in [2.05, 4.69) is 53.6 Å². The first-order chi connectivity index (χ1) is 12.1. The first-order valence-corrected chi connectivity index (χ1v) is 9.49. The number of likely N-dealkylation sites (tertiary alicyclic amines) is 1. The van der Waals surface area contributed by atoms with Gasteiger partial charge in [-0.15, -0.1) is 24.8 Å². The second-order valence-corrected chi connectivity index (χ2v) is 7.76. The predicted octanol–water partition coefficient (Wildman–Crippen LogP) is 2.61. The smallest absolute Gasteiger partial charge is 0.239 e. The lowest BCUT2D eigenvalue weighted by molar-refractivity contribution is -0.126. The Morgan fingerprint density at radius 2 is 1.78 bits per heavy atom. The van der Waals surface area contributed by atoms with E-state index >= 15 is 0 Å². The number of carbonyl (C=O) groups is 1. The lowest BCUT2D eigenvalue weighted by atomic mass is 9.91. The van der Waals surface area contributed by atoms with Gasteiger partial charge in [0.25, 0.3) is 0 Å². The van der Waals surface area contributed by atoms with E-state index < -0.39 is 0 Å². The molecule has 1 aromatic rings. The van der Waals surface area contributed by atoms with Crippen molar-refractivity contribution in [2.45, 2.75) is 39.4 Å². The van der Waals surface area contributed by atoms with Crippen LogP contribution >= 0.6 is 24.8 Å². The first kappa shape index (κ1) is 24.2. The Labute approximate surface area is 175 Å². The number of nitrogens with one attached hydrogen (secondary N) is 2. The number of amides is 1. The Hall–Kier alpha value is -0.850. The van der Waals surface area contributed by atoms with Gasteiger partial charge in [-0.05, 0) is 29.4 Å². The second-order valence-electron chi connectivity index (χ2n) is 7.76. The van der Waals surface area contributed by atoms with E-state index in [-0.39, 0.29) is 36.8 Å². The summed E-state index contributed by atoms with van der Waals surface area (Å²) in [5, 5.41) is 6.16. The quantitative estimate of drug-likeness (QED) is 0.772. The molecule has 0 spiro atoms. The van der Waals surface area contributed by atoms with Crippen molar-refractivity contribution in [1.29, 1.82) is 0 Å². The van der Waals surface area contributed by atoms with Gasteiger partial charge < -0.3 is 15.4 Å². The minimum atomic E-state index is -0.226. The molecular weight excluding hydrogens is 385 g/mol. The maximum absolute atomic E-state index is 12.1. The molecule has 1 amide bonds. The summed E-state index contributed by atoms with van der Waals surface area (Å²) in [4.78, 5) is 14.7. The third-order valence-electron chi connectivity index (χ3n) is 5.08. The van der Waals surface area contributed by atoms with Gasteiger partial charge in [0.1, 0.15) is 6.04 Å². The van der Waals surface area contributed by atoms with Crippen LogP contribution in [0.25, 0.3) is 0 Å². The molecular formula is C20H33Cl2N3O2. The van der Waals surface area contributed by atoms with Gasteiger partial charge >= 0.3 is 0 Å². The zero-order chi connectivity index (χ0) is 17.6. The van der Waals surface area contributed by atoms with E-state index in [4.69, 9.17) is 4.74 Å². The van der Waals surface area contributed by atoms with Gasteiger partial charge in [-0.25, -0.2) is 0 Å². The van der Waals surface area contributed by atoms with Crippen LogP contribution < -0.4 is 10.6 Å². The summed E-state index contributed by atoms with van der Waals surface area (Å²) >= 11 is 0. The lowest BCUT2D eigenvalue weighted by Crippen LogP contribution is -2.51. The summed E-state index contributed by atoms with van der Waals surface area (Å²) in [5.41, 5.74) is 2.48. The number of halogens is 2. The highest BCUT2D eigenvalue weighted by Gasteiger charge is 2.22. The highest BCUT2D eigenvalue weighted by molar-refractivity contribution is 5.85. The van der Waals surface area contributed by atoms with Crippen LogP contribution in [0.5, 0.6) is 0 Å². The molecule has 7 heteroatoms. The van der Waals surface area contributed by atoms with Crippen molar-refractivity contribution >= 4 is 30.7 Å². The molecule has 2 heterocycles. The number of ether oxygens (including phenoxy) is 1. The Balaban J connectivity index is 0.00000182. The molecule has 2 aliphatic rings. The van der Waals surface area contributed by atoms with E-state index in [1.54, 1.807) is 0 Å². The minimum Gasteiger partial charge on any atom is -0.378 e. The Morgan fingerprint density at radius 1 is 1.15 bits per heavy atom. The second kappa shape index (κ2) is 11.9. The summed E-state index contributed by atoms with van der Waals surface area (Å²) in [6.45, 7) is 10.5. The molecule has 2 fully saturated rings. The average Bonchev–Trinajstić information content (AvgIpc) is 2.61. The zero-order valence-electron chi connectivity index (χ0n) is 16.3. The van der Waals surface area contributed by atoms with E-state index in [9.17, 15) is 4.79 Å². The topological polar surface area (TPSA) is 53.6 Å². The number of nitrogens with zero attached hydrogens (tertiary/aromatic N) is 1. The Bertz CT molecular complexity index is 555. The predicted molar refractivity (Wildman–Crippen MR) is 114 cm³/mol. The van der Waals surface area contributed by atoms with Gasteiger partial charge in [0.05, 0.1) is 13.2 Å². The summed E-state index contributed by atoms with van der Waals surface area (Å²) < 4.78 is 5.33. The van der Waals surface area contributed by atoms with Crippen LogP contribution in [0.15, 0.2) is 24.3 Å². The average molecular weight is 418 g/mol. The van der Waals surface area contributed by atoms with E-state index in [1.165, 1.54) is 25.1 Å². The summed E-state index contributed by atoms with van der Waals surface area (Å²) in [6, 6.07) is 8.39. The maximum Gasteiger partial charge on any atom is 0.239 e. The van der Waals surface area contributed by atoms with Crippen molar-refractivity contribution < 1.29 is 9.53 Å². The van der Waals surface area contributed by atoms with E-state index in [0.29, 0.717) is 19.8 Å². The van der Waals surface area contributed by atoms with Crippen molar-refractivity contribution in [3.05, 3.63) is 35.4 Å². The molecule has 3 atom stereocenters. The third kappa shape index (κ3) is 7.59. The number of rotatable bonds is 5. The molecule has 2 saturated heterocycles. The molecule has 3 unspecified atom stereocenters. The Kier molecular flexibility index (Phi) is 10.6. The fraction of sp³-hybridized carbons (Fsp3) is 0.650. The van der Waals surface area contributed by atoms with Crippen LogP contribution in [0, 0.1) is 11.8 Å². The van der Waals surface area contributed by atoms with Gasteiger partial charge in [0, 0.05) is 32.7 Å².